The van der Waals surface area contributed by atoms with Crippen molar-refractivity contribution in [1.29, 1.82) is 0 Å². The lowest BCUT2D eigenvalue weighted by Crippen LogP contribution is -1.79. The number of aliphatic hydroxyl groups excluding tert-OH is 2. The molecule has 0 radical (unpaired) electrons. The van der Waals surface area contributed by atoms with Gasteiger partial charge in [0.25, 0.3) is 0 Å². The standard InChI is InChI=1S/3C7H7ClO.C7H5ClO.5C2H6/c4*8-7-3-1-6(5-9)2-4-7;5*1-2/h3*1-4,9H,5H2;1-5H;5*1-2H3/p+2. The smallest absolute Gasteiger partial charge is 0.312 e. The molecule has 4 aromatic rings. The van der Waals surface area contributed by atoms with Gasteiger partial charge in [-0.3, -0.25) is 4.79 Å². The van der Waals surface area contributed by atoms with Crippen molar-refractivity contribution in [2.45, 2.75) is 89.1 Å². The summed E-state index contributed by atoms with van der Waals surface area (Å²) in [5, 5.41) is 27.0. The van der Waals surface area contributed by atoms with E-state index >= 15 is 0 Å². The zero-order valence-corrected chi connectivity index (χ0v) is 32.3. The first kappa shape index (κ1) is 53.1. The van der Waals surface area contributed by atoms with Gasteiger partial charge >= 0.3 is 6.29 Å². The first-order valence-corrected chi connectivity index (χ1v) is 17.1. The Kier molecular flexibility index (Phi) is 49.2. The second-order valence-corrected chi connectivity index (χ2v) is 8.80. The van der Waals surface area contributed by atoms with Crippen molar-refractivity contribution >= 4 is 52.7 Å². The number of aldehydes is 1. The van der Waals surface area contributed by atoms with Crippen molar-refractivity contribution in [2.24, 2.45) is 0 Å². The second kappa shape index (κ2) is 42.6. The van der Waals surface area contributed by atoms with Crippen LogP contribution in [-0.4, -0.2) is 26.4 Å². The van der Waals surface area contributed by atoms with Gasteiger partial charge in [0.05, 0.1) is 18.8 Å². The highest BCUT2D eigenvalue weighted by Gasteiger charge is 1.91. The summed E-state index contributed by atoms with van der Waals surface area (Å²) in [6.07, 6.45) is 1.04. The Morgan fingerprint density at radius 1 is 0.457 bits per heavy atom. The van der Waals surface area contributed by atoms with Gasteiger partial charge in [-0.2, -0.15) is 0 Å². The molecular weight excluding hydrogens is 662 g/mol. The third kappa shape index (κ3) is 33.0. The summed E-state index contributed by atoms with van der Waals surface area (Å²) in [6, 6.07) is 28.4. The van der Waals surface area contributed by atoms with Gasteiger partial charge < -0.3 is 15.3 Å². The molecule has 0 saturated carbocycles. The predicted octanol–water partition coefficient (Wildman–Crippen LogP) is 12.2. The zero-order valence-electron chi connectivity index (χ0n) is 29.3. The van der Waals surface area contributed by atoms with Crippen molar-refractivity contribution in [3.05, 3.63) is 139 Å². The van der Waals surface area contributed by atoms with Gasteiger partial charge in [-0.05, 0) is 83.9 Å². The number of hydrogen-bond donors (Lipinski definition) is 2. The van der Waals surface area contributed by atoms with E-state index in [0.29, 0.717) is 21.7 Å². The van der Waals surface area contributed by atoms with E-state index in [-0.39, 0.29) is 13.2 Å². The Morgan fingerprint density at radius 2 is 0.674 bits per heavy atom. The molecule has 8 heteroatoms. The summed E-state index contributed by atoms with van der Waals surface area (Å²) in [7, 11) is 0. The maximum Gasteiger partial charge on any atom is 0.312 e. The molecule has 0 saturated heterocycles. The fourth-order valence-electron chi connectivity index (χ4n) is 2.33. The van der Waals surface area contributed by atoms with Crippen LogP contribution in [0.15, 0.2) is 97.1 Å². The van der Waals surface area contributed by atoms with Crippen LogP contribution >= 0.6 is 46.4 Å². The molecule has 0 spiro atoms. The van der Waals surface area contributed by atoms with Crippen LogP contribution in [0.3, 0.4) is 0 Å². The van der Waals surface area contributed by atoms with Crippen LogP contribution in [0.25, 0.3) is 0 Å². The average Bonchev–Trinajstić information content (AvgIpc) is 3.15. The lowest BCUT2D eigenvalue weighted by atomic mass is 10.2. The predicted molar refractivity (Wildman–Crippen MR) is 209 cm³/mol. The summed E-state index contributed by atoms with van der Waals surface area (Å²) in [5.41, 5.74) is 3.54. The SMILES string of the molecule is CC.CC.CC.CC.CC.OCc1ccc(Cl)cc1.OCc1ccc(Cl)cc1.[OH+]=Cc1ccc(Cl)cc1.[OH2+]Cc1ccc(Cl)cc1. The highest BCUT2D eigenvalue weighted by atomic mass is 35.5. The molecule has 46 heavy (non-hydrogen) atoms. The van der Waals surface area contributed by atoms with E-state index in [1.54, 1.807) is 84.9 Å². The van der Waals surface area contributed by atoms with Crippen molar-refractivity contribution in [3.8, 4) is 0 Å². The maximum atomic E-state index is 8.59. The number of carbonyl (C=O) groups excluding carboxylic acids is 1. The van der Waals surface area contributed by atoms with Crippen LogP contribution in [-0.2, 0) is 19.8 Å². The molecule has 0 bridgehead atoms. The van der Waals surface area contributed by atoms with Crippen LogP contribution in [0.5, 0.6) is 0 Å². The van der Waals surface area contributed by atoms with Gasteiger partial charge in [0.15, 0.2) is 6.61 Å². The van der Waals surface area contributed by atoms with Crippen molar-refractivity contribution in [1.82, 2.24) is 0 Å². The molecule has 260 valence electrons. The van der Waals surface area contributed by atoms with E-state index in [2.05, 4.69) is 0 Å². The highest BCUT2D eigenvalue weighted by Crippen LogP contribution is 2.10. The fourth-order valence-corrected chi connectivity index (χ4v) is 2.83. The topological polar surface area (TPSA) is 84.8 Å². The Hall–Kier alpha value is -2.41. The molecule has 0 fully saturated rings. The Bertz CT molecular complexity index is 1010. The third-order valence-corrected chi connectivity index (χ3v) is 5.34. The van der Waals surface area contributed by atoms with Crippen LogP contribution in [0.1, 0.15) is 91.5 Å². The van der Waals surface area contributed by atoms with E-state index in [1.165, 1.54) is 0 Å². The highest BCUT2D eigenvalue weighted by molar-refractivity contribution is 6.31. The second-order valence-electron chi connectivity index (χ2n) is 7.05. The van der Waals surface area contributed by atoms with E-state index in [9.17, 15) is 0 Å². The average molecular weight is 721 g/mol. The fraction of sp³-hybridized carbons (Fsp3) is 0.342. The molecule has 4 rings (SSSR count). The van der Waals surface area contributed by atoms with Gasteiger partial charge in [0, 0.05) is 25.7 Å². The Morgan fingerprint density at radius 3 is 0.870 bits per heavy atom. The largest absolute Gasteiger partial charge is 0.442 e. The lowest BCUT2D eigenvalue weighted by molar-refractivity contribution is 0.281. The summed E-state index contributed by atoms with van der Waals surface area (Å²) in [6.45, 7) is 20.5. The maximum absolute atomic E-state index is 8.59. The molecule has 5 N–H and O–H groups in total. The third-order valence-electron chi connectivity index (χ3n) is 4.33. The molecule has 4 nitrogen and oxygen atoms in total. The molecule has 0 heterocycles. The Balaban J connectivity index is -0.000000149. The number of hydrogen-bond acceptors (Lipinski definition) is 2. The molecule has 0 unspecified atom stereocenters. The van der Waals surface area contributed by atoms with Gasteiger partial charge in [0.1, 0.15) is 0 Å². The van der Waals surface area contributed by atoms with Crippen LogP contribution in [0.2, 0.25) is 20.1 Å². The molecule has 0 aromatic heterocycles. The van der Waals surface area contributed by atoms with Crippen molar-refractivity contribution < 1.29 is 20.1 Å². The molecule has 4 aromatic carbocycles. The van der Waals surface area contributed by atoms with E-state index in [1.807, 2.05) is 81.4 Å². The van der Waals surface area contributed by atoms with E-state index < -0.39 is 0 Å². The molecule has 0 atom stereocenters. The summed E-state index contributed by atoms with van der Waals surface area (Å²) >= 11 is 22.4. The summed E-state index contributed by atoms with van der Waals surface area (Å²) in [5.74, 6) is 0. The number of benzene rings is 4. The van der Waals surface area contributed by atoms with Gasteiger partial charge in [-0.25, -0.2) is 0 Å². The normalized spacial score (nSPS) is 8.02. The minimum atomic E-state index is 0.0805. The summed E-state index contributed by atoms with van der Waals surface area (Å²) < 4.78 is 0. The lowest BCUT2D eigenvalue weighted by Gasteiger charge is -1.92. The first-order chi connectivity index (χ1) is 22.3. The van der Waals surface area contributed by atoms with Gasteiger partial charge in [-0.1, -0.05) is 140 Å². The minimum Gasteiger partial charge on any atom is -0.442 e. The summed E-state index contributed by atoms with van der Waals surface area (Å²) in [4.78, 5) is 8.46. The van der Waals surface area contributed by atoms with Gasteiger partial charge in [-0.15, -0.1) is 0 Å². The van der Waals surface area contributed by atoms with E-state index in [0.717, 1.165) is 33.6 Å². The number of aliphatic hydroxyl groups is 2. The number of halogens is 4. The monoisotopic (exact) mass is 718 g/mol. The zero-order chi connectivity index (χ0) is 36.8. The first-order valence-electron chi connectivity index (χ1n) is 15.6. The molecule has 0 aliphatic carbocycles. The van der Waals surface area contributed by atoms with Crippen molar-refractivity contribution in [3.63, 3.8) is 0 Å². The quantitative estimate of drug-likeness (QED) is 0.162. The molecule has 0 amide bonds. The molecule has 0 aliphatic rings. The van der Waals surface area contributed by atoms with E-state index in [4.69, 9.17) is 66.5 Å². The van der Waals surface area contributed by atoms with Crippen molar-refractivity contribution in [2.75, 3.05) is 0 Å². The number of rotatable bonds is 4. The Labute approximate surface area is 300 Å². The molecule has 0 aliphatic heterocycles. The van der Waals surface area contributed by atoms with Crippen LogP contribution in [0.4, 0.5) is 0 Å². The van der Waals surface area contributed by atoms with Crippen LogP contribution < -0.4 is 0 Å². The molecular formula is C38H58Cl4O4+2. The van der Waals surface area contributed by atoms with Gasteiger partial charge in [0.2, 0.25) is 0 Å². The van der Waals surface area contributed by atoms with Crippen LogP contribution in [0, 0.1) is 0 Å². The minimum absolute atomic E-state index is 0.0805.